The first-order valence-corrected chi connectivity index (χ1v) is 7.97. The molecule has 0 bridgehead atoms. The number of methoxy groups -OCH3 is 1. The highest BCUT2D eigenvalue weighted by Gasteiger charge is 2.43. The van der Waals surface area contributed by atoms with Crippen molar-refractivity contribution in [2.45, 2.75) is 32.0 Å². The maximum atomic E-state index is 12.9. The molecule has 0 saturated heterocycles. The number of hydrogen-bond acceptors (Lipinski definition) is 5. The molecule has 2 aromatic rings. The molecule has 124 valence electrons. The summed E-state index contributed by atoms with van der Waals surface area (Å²) in [6.45, 7) is 1.72. The van der Waals surface area contributed by atoms with Crippen LogP contribution in [0.25, 0.3) is 0 Å². The Bertz CT molecular complexity index is 822. The first-order chi connectivity index (χ1) is 11.6. The predicted octanol–water partition coefficient (Wildman–Crippen LogP) is 3.10. The summed E-state index contributed by atoms with van der Waals surface area (Å²) in [5.41, 5.74) is 1.83. The van der Waals surface area contributed by atoms with Crippen molar-refractivity contribution in [3.8, 4) is 0 Å². The molecule has 0 unspecified atom stereocenters. The van der Waals surface area contributed by atoms with Crippen molar-refractivity contribution in [3.05, 3.63) is 53.0 Å². The molecule has 1 fully saturated rings. The number of nitrogens with one attached hydrogen (secondary N) is 1. The molecule has 6 nitrogen and oxygen atoms in total. The smallest absolute Gasteiger partial charge is 0.341 e. The second-order valence-corrected chi connectivity index (χ2v) is 6.15. The number of rotatable bonds is 3. The van der Waals surface area contributed by atoms with Crippen LogP contribution < -0.4 is 5.32 Å². The molecule has 24 heavy (non-hydrogen) atoms. The van der Waals surface area contributed by atoms with Crippen molar-refractivity contribution >= 4 is 17.6 Å². The zero-order valence-electron chi connectivity index (χ0n) is 13.5. The fraction of sp³-hybridized carbons (Fsp3) is 0.333. The summed E-state index contributed by atoms with van der Waals surface area (Å²) < 4.78 is 10.6. The van der Waals surface area contributed by atoms with Crippen LogP contribution in [0.5, 0.6) is 0 Å². The number of carbonyl (C=O) groups is 2. The Labute approximate surface area is 139 Å². The normalized spacial score (nSPS) is 19.7. The minimum Gasteiger partial charge on any atom is -0.465 e. The quantitative estimate of drug-likeness (QED) is 0.878. The van der Waals surface area contributed by atoms with Gasteiger partial charge in [0.05, 0.1) is 12.7 Å². The van der Waals surface area contributed by atoms with Crippen molar-refractivity contribution < 1.29 is 18.7 Å². The van der Waals surface area contributed by atoms with Crippen LogP contribution in [0, 0.1) is 6.92 Å². The van der Waals surface area contributed by atoms with Gasteiger partial charge in [0.25, 0.3) is 5.91 Å². The van der Waals surface area contributed by atoms with Gasteiger partial charge in [-0.15, -0.1) is 0 Å². The van der Waals surface area contributed by atoms with Crippen LogP contribution in [0.1, 0.15) is 51.2 Å². The third kappa shape index (κ3) is 2.26. The topological polar surface area (TPSA) is 71.8 Å². The van der Waals surface area contributed by atoms with Gasteiger partial charge < -0.3 is 19.4 Å². The Balaban J connectivity index is 1.76. The van der Waals surface area contributed by atoms with Crippen molar-refractivity contribution in [2.24, 2.45) is 0 Å². The van der Waals surface area contributed by atoms with E-state index < -0.39 is 12.1 Å². The molecule has 1 amide bonds. The molecule has 0 spiro atoms. The number of aryl methyl sites for hydroxylation is 1. The number of ether oxygens (including phenoxy) is 1. The first-order valence-electron chi connectivity index (χ1n) is 7.97. The Morgan fingerprint density at radius 3 is 2.79 bits per heavy atom. The molecule has 2 heterocycles. The first kappa shape index (κ1) is 14.8. The van der Waals surface area contributed by atoms with Crippen molar-refractivity contribution in [3.63, 3.8) is 0 Å². The van der Waals surface area contributed by atoms with Gasteiger partial charge in [-0.2, -0.15) is 0 Å². The molecule has 1 N–H and O–H groups in total. The second-order valence-electron chi connectivity index (χ2n) is 6.15. The third-order valence-corrected chi connectivity index (χ3v) is 4.51. The molecule has 1 aliphatic heterocycles. The summed E-state index contributed by atoms with van der Waals surface area (Å²) in [4.78, 5) is 26.6. The van der Waals surface area contributed by atoms with Crippen LogP contribution in [-0.4, -0.2) is 29.9 Å². The lowest BCUT2D eigenvalue weighted by molar-refractivity contribution is 0.0597. The monoisotopic (exact) mass is 326 g/mol. The van der Waals surface area contributed by atoms with Gasteiger partial charge in [-0.25, -0.2) is 4.79 Å². The highest BCUT2D eigenvalue weighted by atomic mass is 16.5. The lowest BCUT2D eigenvalue weighted by Crippen LogP contribution is -2.44. The number of hydrogen-bond donors (Lipinski definition) is 1. The fourth-order valence-corrected chi connectivity index (χ4v) is 3.16. The zero-order chi connectivity index (χ0) is 16.8. The van der Waals surface area contributed by atoms with Crippen LogP contribution in [0.2, 0.25) is 0 Å². The number of anilines is 1. The molecule has 1 saturated carbocycles. The van der Waals surface area contributed by atoms with E-state index in [1.54, 1.807) is 13.0 Å². The van der Waals surface area contributed by atoms with E-state index in [0.717, 1.165) is 18.5 Å². The van der Waals surface area contributed by atoms with Crippen molar-refractivity contribution in [2.75, 3.05) is 12.4 Å². The number of amides is 1. The lowest BCUT2D eigenvalue weighted by atomic mass is 10.1. The van der Waals surface area contributed by atoms with Gasteiger partial charge in [0.2, 0.25) is 0 Å². The number of furan rings is 1. The number of para-hydroxylation sites is 1. The second kappa shape index (κ2) is 5.40. The molecule has 2 aliphatic rings. The average molecular weight is 326 g/mol. The molecule has 1 aromatic carbocycles. The van der Waals surface area contributed by atoms with Gasteiger partial charge >= 0.3 is 5.97 Å². The van der Waals surface area contributed by atoms with Gasteiger partial charge in [-0.1, -0.05) is 12.1 Å². The van der Waals surface area contributed by atoms with Gasteiger partial charge in [-0.05, 0) is 38.0 Å². The fourth-order valence-electron chi connectivity index (χ4n) is 3.16. The van der Waals surface area contributed by atoms with Crippen LogP contribution in [0.4, 0.5) is 5.69 Å². The standard InChI is InChI=1S/C18H18N2O4/c1-10-13(18(22)23-2)9-15(24-10)16-19-14-6-4-3-5-12(14)17(21)20(16)11-7-8-11/h3-6,9,11,16,19H,7-8H2,1-2H3/t16-/m0/s1. The maximum absolute atomic E-state index is 12.9. The molecule has 0 radical (unpaired) electrons. The van der Waals surface area contributed by atoms with E-state index in [1.165, 1.54) is 7.11 Å². The Hall–Kier alpha value is -2.76. The van der Waals surface area contributed by atoms with Crippen LogP contribution >= 0.6 is 0 Å². The number of carbonyl (C=O) groups excluding carboxylic acids is 2. The molecule has 4 rings (SSSR count). The van der Waals surface area contributed by atoms with E-state index in [2.05, 4.69) is 5.32 Å². The van der Waals surface area contributed by atoms with Gasteiger partial charge in [0.15, 0.2) is 6.17 Å². The van der Waals surface area contributed by atoms with Crippen LogP contribution in [-0.2, 0) is 4.74 Å². The molecule has 1 aliphatic carbocycles. The lowest BCUT2D eigenvalue weighted by Gasteiger charge is -2.36. The predicted molar refractivity (Wildman–Crippen MR) is 86.8 cm³/mol. The van der Waals surface area contributed by atoms with E-state index in [9.17, 15) is 9.59 Å². The largest absolute Gasteiger partial charge is 0.465 e. The highest BCUT2D eigenvalue weighted by molar-refractivity contribution is 6.02. The average Bonchev–Trinajstić information content (AvgIpc) is 3.35. The van der Waals surface area contributed by atoms with Crippen LogP contribution in [0.3, 0.4) is 0 Å². The Morgan fingerprint density at radius 1 is 1.33 bits per heavy atom. The van der Waals surface area contributed by atoms with E-state index in [0.29, 0.717) is 22.6 Å². The minimum absolute atomic E-state index is 0.00878. The number of fused-ring (bicyclic) bond motifs is 1. The van der Waals surface area contributed by atoms with Gasteiger partial charge in [-0.3, -0.25) is 4.79 Å². The highest BCUT2D eigenvalue weighted by Crippen LogP contribution is 2.41. The summed E-state index contributed by atoms with van der Waals surface area (Å²) in [5, 5.41) is 3.37. The maximum Gasteiger partial charge on any atom is 0.341 e. The zero-order valence-corrected chi connectivity index (χ0v) is 13.5. The van der Waals surface area contributed by atoms with E-state index in [-0.39, 0.29) is 11.9 Å². The summed E-state index contributed by atoms with van der Waals surface area (Å²) in [6.07, 6.45) is 1.54. The number of nitrogens with zero attached hydrogens (tertiary/aromatic N) is 1. The van der Waals surface area contributed by atoms with Crippen molar-refractivity contribution in [1.29, 1.82) is 0 Å². The van der Waals surface area contributed by atoms with E-state index >= 15 is 0 Å². The van der Waals surface area contributed by atoms with E-state index in [1.807, 2.05) is 29.2 Å². The Kier molecular flexibility index (Phi) is 3.33. The van der Waals surface area contributed by atoms with Crippen molar-refractivity contribution in [1.82, 2.24) is 4.90 Å². The van der Waals surface area contributed by atoms with E-state index in [4.69, 9.17) is 9.15 Å². The molecule has 1 aromatic heterocycles. The summed E-state index contributed by atoms with van der Waals surface area (Å²) in [6, 6.07) is 9.31. The third-order valence-electron chi connectivity index (χ3n) is 4.51. The Morgan fingerprint density at radius 2 is 2.08 bits per heavy atom. The summed E-state index contributed by atoms with van der Waals surface area (Å²) >= 11 is 0. The molecular formula is C18H18N2O4. The number of esters is 1. The van der Waals surface area contributed by atoms with Gasteiger partial charge in [0.1, 0.15) is 17.1 Å². The SMILES string of the molecule is COC(=O)c1cc([C@H]2Nc3ccccc3C(=O)N2C2CC2)oc1C. The number of benzene rings is 1. The summed E-state index contributed by atoms with van der Waals surface area (Å²) in [5.74, 6) is 0.580. The van der Waals surface area contributed by atoms with Crippen LogP contribution in [0.15, 0.2) is 34.7 Å². The molecule has 1 atom stereocenters. The summed E-state index contributed by atoms with van der Waals surface area (Å²) in [7, 11) is 1.34. The molecular weight excluding hydrogens is 308 g/mol. The van der Waals surface area contributed by atoms with Gasteiger partial charge in [0, 0.05) is 11.7 Å². The minimum atomic E-state index is -0.442. The molecule has 6 heteroatoms.